The van der Waals surface area contributed by atoms with Crippen molar-refractivity contribution in [3.63, 3.8) is 0 Å². The summed E-state index contributed by atoms with van der Waals surface area (Å²) in [4.78, 5) is 21.4. The van der Waals surface area contributed by atoms with E-state index in [4.69, 9.17) is 0 Å². The second kappa shape index (κ2) is 10.8. The number of benzene rings is 2. The SMILES string of the molecule is O=[N+]([O-])c1ccc(S(=O)CCCCCCS(=O)c2ccccc2[N+](=O)[O-])cc1. The molecule has 8 nitrogen and oxygen atoms in total. The molecule has 0 amide bonds. The Labute approximate surface area is 167 Å². The highest BCUT2D eigenvalue weighted by Gasteiger charge is 2.17. The van der Waals surface area contributed by atoms with E-state index in [0.29, 0.717) is 29.2 Å². The van der Waals surface area contributed by atoms with Crippen LogP contribution in [-0.4, -0.2) is 29.8 Å². The number of nitro benzene ring substituents is 2. The van der Waals surface area contributed by atoms with Crippen LogP contribution in [0.4, 0.5) is 11.4 Å². The van der Waals surface area contributed by atoms with Crippen LogP contribution in [0.1, 0.15) is 25.7 Å². The van der Waals surface area contributed by atoms with E-state index in [1.165, 1.54) is 36.4 Å². The molecule has 0 aliphatic heterocycles. The van der Waals surface area contributed by atoms with Crippen LogP contribution >= 0.6 is 0 Å². The lowest BCUT2D eigenvalue weighted by atomic mass is 10.2. The number of unbranched alkanes of at least 4 members (excludes halogenated alkanes) is 3. The highest BCUT2D eigenvalue weighted by Crippen LogP contribution is 2.22. The molecule has 2 aromatic rings. The lowest BCUT2D eigenvalue weighted by molar-refractivity contribution is -0.387. The van der Waals surface area contributed by atoms with Crippen LogP contribution in [0, 0.1) is 20.2 Å². The maximum absolute atomic E-state index is 12.3. The first-order chi connectivity index (χ1) is 13.4. The predicted molar refractivity (Wildman–Crippen MR) is 107 cm³/mol. The largest absolute Gasteiger partial charge is 0.285 e. The van der Waals surface area contributed by atoms with Gasteiger partial charge < -0.3 is 0 Å². The van der Waals surface area contributed by atoms with E-state index in [1.54, 1.807) is 12.1 Å². The number of non-ortho nitro benzene ring substituents is 1. The van der Waals surface area contributed by atoms with Crippen LogP contribution in [-0.2, 0) is 21.6 Å². The van der Waals surface area contributed by atoms with Crippen LogP contribution in [0.5, 0.6) is 0 Å². The minimum atomic E-state index is -1.42. The summed E-state index contributed by atoms with van der Waals surface area (Å²) in [6.45, 7) is 0. The van der Waals surface area contributed by atoms with Crippen molar-refractivity contribution in [2.24, 2.45) is 0 Å². The molecule has 2 aromatic carbocycles. The molecular formula is C18H20N2O6S2. The number of hydrogen-bond acceptors (Lipinski definition) is 6. The summed E-state index contributed by atoms with van der Waals surface area (Å²) in [5.74, 6) is 0.793. The zero-order valence-corrected chi connectivity index (χ0v) is 16.7. The Morgan fingerprint density at radius 1 is 0.714 bits per heavy atom. The van der Waals surface area contributed by atoms with Gasteiger partial charge in [0.25, 0.3) is 11.4 Å². The van der Waals surface area contributed by atoms with Gasteiger partial charge in [-0.15, -0.1) is 0 Å². The molecule has 2 unspecified atom stereocenters. The average Bonchev–Trinajstić information content (AvgIpc) is 2.70. The Morgan fingerprint density at radius 3 is 1.86 bits per heavy atom. The molecule has 0 radical (unpaired) electrons. The standard InChI is InChI=1S/C18H20N2O6S2/c21-19(22)15-9-11-16(12-10-15)27(25)13-5-1-2-6-14-28(26)18-8-4-3-7-17(18)20(23)24/h3-4,7-12H,1-2,5-6,13-14H2. The van der Waals surface area contributed by atoms with Gasteiger partial charge in [0, 0.05) is 34.6 Å². The van der Waals surface area contributed by atoms with Crippen LogP contribution in [0.15, 0.2) is 58.3 Å². The Morgan fingerprint density at radius 2 is 1.29 bits per heavy atom. The third-order valence-corrected chi connectivity index (χ3v) is 6.98. The molecule has 28 heavy (non-hydrogen) atoms. The van der Waals surface area contributed by atoms with E-state index in [2.05, 4.69) is 0 Å². The molecule has 10 heteroatoms. The normalized spacial score (nSPS) is 13.0. The fourth-order valence-corrected chi connectivity index (χ4v) is 5.00. The third kappa shape index (κ3) is 6.31. The Bertz CT molecular complexity index is 886. The highest BCUT2D eigenvalue weighted by atomic mass is 32.2. The molecule has 0 aromatic heterocycles. The smallest absolute Gasteiger partial charge is 0.258 e. The number of para-hydroxylation sites is 1. The zero-order valence-electron chi connectivity index (χ0n) is 15.0. The molecule has 0 aliphatic rings. The fourth-order valence-electron chi connectivity index (χ4n) is 2.57. The van der Waals surface area contributed by atoms with Crippen molar-refractivity contribution in [1.29, 1.82) is 0 Å². The monoisotopic (exact) mass is 424 g/mol. The number of rotatable bonds is 11. The van der Waals surface area contributed by atoms with Crippen LogP contribution in [0.25, 0.3) is 0 Å². The molecule has 0 spiro atoms. The fraction of sp³-hybridized carbons (Fsp3) is 0.333. The minimum absolute atomic E-state index is 0.0348. The van der Waals surface area contributed by atoms with E-state index < -0.39 is 31.4 Å². The quantitative estimate of drug-likeness (QED) is 0.306. The molecule has 0 heterocycles. The van der Waals surface area contributed by atoms with Gasteiger partial charge in [-0.2, -0.15) is 0 Å². The van der Waals surface area contributed by atoms with Crippen molar-refractivity contribution in [3.05, 3.63) is 68.8 Å². The first kappa shape index (κ1) is 21.8. The summed E-state index contributed by atoms with van der Waals surface area (Å²) in [5.41, 5.74) is -0.160. The predicted octanol–water partition coefficient (Wildman–Crippen LogP) is 3.98. The van der Waals surface area contributed by atoms with E-state index in [0.717, 1.165) is 12.8 Å². The van der Waals surface area contributed by atoms with Crippen molar-refractivity contribution >= 4 is 33.0 Å². The van der Waals surface area contributed by atoms with Gasteiger partial charge in [-0.05, 0) is 31.0 Å². The van der Waals surface area contributed by atoms with Crippen molar-refractivity contribution < 1.29 is 18.3 Å². The van der Waals surface area contributed by atoms with E-state index in [1.807, 2.05) is 0 Å². The van der Waals surface area contributed by atoms with Gasteiger partial charge in [0.2, 0.25) is 0 Å². The van der Waals surface area contributed by atoms with Crippen LogP contribution in [0.2, 0.25) is 0 Å². The highest BCUT2D eigenvalue weighted by molar-refractivity contribution is 7.85. The number of hydrogen-bond donors (Lipinski definition) is 0. The van der Waals surface area contributed by atoms with Crippen molar-refractivity contribution in [2.75, 3.05) is 11.5 Å². The summed E-state index contributed by atoms with van der Waals surface area (Å²) >= 11 is 0. The van der Waals surface area contributed by atoms with Gasteiger partial charge in [0.1, 0.15) is 4.90 Å². The zero-order chi connectivity index (χ0) is 20.5. The molecular weight excluding hydrogens is 404 g/mol. The second-order valence-corrected chi connectivity index (χ2v) is 9.10. The first-order valence-electron chi connectivity index (χ1n) is 8.65. The molecule has 0 saturated carbocycles. The molecule has 2 rings (SSSR count). The van der Waals surface area contributed by atoms with E-state index in [-0.39, 0.29) is 16.3 Å². The topological polar surface area (TPSA) is 120 Å². The van der Waals surface area contributed by atoms with Crippen molar-refractivity contribution in [3.8, 4) is 0 Å². The number of nitro groups is 2. The summed E-state index contributed by atoms with van der Waals surface area (Å²) < 4.78 is 24.5. The van der Waals surface area contributed by atoms with E-state index >= 15 is 0 Å². The van der Waals surface area contributed by atoms with Crippen molar-refractivity contribution in [2.45, 2.75) is 35.5 Å². The Balaban J connectivity index is 1.70. The second-order valence-electron chi connectivity index (χ2n) is 5.99. The lowest BCUT2D eigenvalue weighted by Gasteiger charge is -2.04. The third-order valence-electron chi connectivity index (χ3n) is 4.03. The van der Waals surface area contributed by atoms with Gasteiger partial charge in [-0.1, -0.05) is 25.0 Å². The van der Waals surface area contributed by atoms with Crippen LogP contribution in [0.3, 0.4) is 0 Å². The van der Waals surface area contributed by atoms with Crippen molar-refractivity contribution in [1.82, 2.24) is 0 Å². The van der Waals surface area contributed by atoms with Crippen LogP contribution < -0.4 is 0 Å². The van der Waals surface area contributed by atoms with Gasteiger partial charge in [-0.25, -0.2) is 0 Å². The maximum Gasteiger partial charge on any atom is 0.285 e. The molecule has 150 valence electrons. The van der Waals surface area contributed by atoms with E-state index in [9.17, 15) is 28.6 Å². The summed E-state index contributed by atoms with van der Waals surface area (Å²) in [5, 5.41) is 21.6. The molecule has 0 fully saturated rings. The minimum Gasteiger partial charge on any atom is -0.258 e. The first-order valence-corrected chi connectivity index (χ1v) is 11.3. The number of nitrogens with zero attached hydrogens (tertiary/aromatic N) is 2. The van der Waals surface area contributed by atoms with Gasteiger partial charge >= 0.3 is 0 Å². The molecule has 0 aliphatic carbocycles. The molecule has 0 N–H and O–H groups in total. The molecule has 2 atom stereocenters. The summed E-state index contributed by atoms with van der Waals surface area (Å²) in [7, 11) is -2.64. The van der Waals surface area contributed by atoms with Gasteiger partial charge in [0.05, 0.1) is 31.4 Å². The Kier molecular flexibility index (Phi) is 8.40. The van der Waals surface area contributed by atoms with Gasteiger partial charge in [-0.3, -0.25) is 28.6 Å². The summed E-state index contributed by atoms with van der Waals surface area (Å²) in [6, 6.07) is 11.7. The maximum atomic E-state index is 12.3. The lowest BCUT2D eigenvalue weighted by Crippen LogP contribution is -2.03. The summed E-state index contributed by atoms with van der Waals surface area (Å²) in [6.07, 6.45) is 2.95. The molecule has 0 bridgehead atoms. The molecule has 0 saturated heterocycles. The Hall–Kier alpha value is -2.46. The van der Waals surface area contributed by atoms with Gasteiger partial charge in [0.15, 0.2) is 0 Å². The average molecular weight is 425 g/mol.